The fourth-order valence-corrected chi connectivity index (χ4v) is 4.51. The largest absolute Gasteiger partial charge is 0.333 e. The van der Waals surface area contributed by atoms with E-state index in [4.69, 9.17) is 4.98 Å². The molecule has 2 unspecified atom stereocenters. The van der Waals surface area contributed by atoms with Gasteiger partial charge in [0, 0.05) is 12.5 Å². The summed E-state index contributed by atoms with van der Waals surface area (Å²) >= 11 is 0. The van der Waals surface area contributed by atoms with Crippen LogP contribution in [0.25, 0.3) is 16.6 Å². The van der Waals surface area contributed by atoms with Crippen molar-refractivity contribution >= 4 is 16.8 Å². The molecular formula is C28H37N3O2. The number of benzene rings is 2. The molecule has 0 saturated carbocycles. The molecule has 1 amide bonds. The number of rotatable bonds is 10. The Morgan fingerprint density at radius 3 is 2.33 bits per heavy atom. The van der Waals surface area contributed by atoms with Gasteiger partial charge in [-0.25, -0.2) is 4.98 Å². The third-order valence-corrected chi connectivity index (χ3v) is 6.62. The number of nitrogens with zero attached hydrogens (tertiary/aromatic N) is 3. The van der Waals surface area contributed by atoms with E-state index in [-0.39, 0.29) is 23.4 Å². The molecule has 1 heterocycles. The molecule has 3 aromatic rings. The third-order valence-electron chi connectivity index (χ3n) is 6.62. The van der Waals surface area contributed by atoms with Gasteiger partial charge in [-0.3, -0.25) is 14.2 Å². The minimum atomic E-state index is -0.332. The van der Waals surface area contributed by atoms with Crippen LogP contribution in [0.1, 0.15) is 77.7 Å². The van der Waals surface area contributed by atoms with Gasteiger partial charge in [-0.15, -0.1) is 0 Å². The maximum Gasteiger partial charge on any atom is 0.266 e. The average molecular weight is 448 g/mol. The zero-order valence-corrected chi connectivity index (χ0v) is 20.7. The van der Waals surface area contributed by atoms with Gasteiger partial charge in [-0.2, -0.15) is 0 Å². The normalized spacial score (nSPS) is 13.1. The van der Waals surface area contributed by atoms with Crippen LogP contribution in [0.2, 0.25) is 0 Å². The molecule has 0 aliphatic rings. The van der Waals surface area contributed by atoms with Gasteiger partial charge in [0.15, 0.2) is 0 Å². The van der Waals surface area contributed by atoms with Crippen molar-refractivity contribution in [2.45, 2.75) is 72.8 Å². The van der Waals surface area contributed by atoms with Crippen LogP contribution in [0.3, 0.4) is 0 Å². The molecule has 0 bridgehead atoms. The minimum Gasteiger partial charge on any atom is -0.333 e. The molecule has 1 aromatic heterocycles. The maximum atomic E-state index is 13.6. The summed E-state index contributed by atoms with van der Waals surface area (Å²) in [6, 6.07) is 15.1. The summed E-state index contributed by atoms with van der Waals surface area (Å²) in [5.41, 5.74) is 2.54. The van der Waals surface area contributed by atoms with E-state index in [1.54, 1.807) is 4.57 Å². The van der Waals surface area contributed by atoms with Gasteiger partial charge in [0.25, 0.3) is 5.56 Å². The Kier molecular flexibility index (Phi) is 8.43. The Hall–Kier alpha value is -2.95. The highest BCUT2D eigenvalue weighted by molar-refractivity contribution is 5.80. The van der Waals surface area contributed by atoms with Gasteiger partial charge in [-0.05, 0) is 62.9 Å². The first-order chi connectivity index (χ1) is 16.0. The van der Waals surface area contributed by atoms with Crippen LogP contribution >= 0.6 is 0 Å². The fourth-order valence-electron chi connectivity index (χ4n) is 4.51. The monoisotopic (exact) mass is 447 g/mol. The van der Waals surface area contributed by atoms with Crippen molar-refractivity contribution in [2.75, 3.05) is 6.54 Å². The van der Waals surface area contributed by atoms with Gasteiger partial charge in [0.2, 0.25) is 5.91 Å². The molecule has 2 atom stereocenters. The summed E-state index contributed by atoms with van der Waals surface area (Å²) in [5, 5.41) is 0.580. The van der Waals surface area contributed by atoms with Crippen LogP contribution in [0.4, 0.5) is 0 Å². The van der Waals surface area contributed by atoms with Crippen molar-refractivity contribution < 1.29 is 4.79 Å². The van der Waals surface area contributed by atoms with Crippen molar-refractivity contribution in [3.63, 3.8) is 0 Å². The minimum absolute atomic E-state index is 0.00295. The van der Waals surface area contributed by atoms with Crippen LogP contribution in [-0.4, -0.2) is 26.9 Å². The Balaban J connectivity index is 2.14. The number of hydrogen-bond donors (Lipinski definition) is 0. The topological polar surface area (TPSA) is 55.2 Å². The van der Waals surface area contributed by atoms with Gasteiger partial charge >= 0.3 is 0 Å². The van der Waals surface area contributed by atoms with Gasteiger partial charge in [0.1, 0.15) is 5.82 Å². The molecule has 5 heteroatoms. The molecule has 5 nitrogen and oxygen atoms in total. The highest BCUT2D eigenvalue weighted by Gasteiger charge is 2.29. The van der Waals surface area contributed by atoms with E-state index >= 15 is 0 Å². The number of fused-ring (bicyclic) bond motifs is 1. The lowest BCUT2D eigenvalue weighted by molar-refractivity contribution is -0.138. The second-order valence-electron chi connectivity index (χ2n) is 8.70. The molecule has 3 rings (SSSR count). The smallest absolute Gasteiger partial charge is 0.266 e. The van der Waals surface area contributed by atoms with Crippen molar-refractivity contribution in [3.8, 4) is 5.69 Å². The number of carbonyl (C=O) groups excluding carboxylic acids is 1. The average Bonchev–Trinajstić information content (AvgIpc) is 2.85. The maximum absolute atomic E-state index is 13.6. The van der Waals surface area contributed by atoms with E-state index in [0.29, 0.717) is 23.3 Å². The Bertz CT molecular complexity index is 1130. The number of unbranched alkanes of at least 4 members (excludes halogenated alkanes) is 1. The lowest BCUT2D eigenvalue weighted by Gasteiger charge is -2.32. The third kappa shape index (κ3) is 5.18. The highest BCUT2D eigenvalue weighted by atomic mass is 16.2. The molecule has 0 saturated heterocycles. The first-order valence-electron chi connectivity index (χ1n) is 12.4. The zero-order valence-electron chi connectivity index (χ0n) is 20.7. The number of hydrogen-bond acceptors (Lipinski definition) is 3. The lowest BCUT2D eigenvalue weighted by atomic mass is 9.97. The van der Waals surface area contributed by atoms with E-state index in [0.717, 1.165) is 37.8 Å². The number of carbonyl (C=O) groups is 1. The van der Waals surface area contributed by atoms with Crippen LogP contribution in [0.15, 0.2) is 53.3 Å². The summed E-state index contributed by atoms with van der Waals surface area (Å²) in [5.74, 6) is 0.747. The SMILES string of the molecule is CCCCC(CC)C(=O)N(CC)C(C)c1nc2ccccc2c(=O)n1-c1ccc(CC)cc1. The number of amides is 1. The summed E-state index contributed by atoms with van der Waals surface area (Å²) in [4.78, 5) is 34.0. The summed E-state index contributed by atoms with van der Waals surface area (Å²) < 4.78 is 1.69. The van der Waals surface area contributed by atoms with E-state index in [9.17, 15) is 9.59 Å². The van der Waals surface area contributed by atoms with E-state index in [1.807, 2.05) is 67.3 Å². The van der Waals surface area contributed by atoms with Crippen molar-refractivity contribution in [1.29, 1.82) is 0 Å². The molecular weight excluding hydrogens is 410 g/mol. The molecule has 0 aliphatic carbocycles. The van der Waals surface area contributed by atoms with Gasteiger partial charge < -0.3 is 4.90 Å². The Morgan fingerprint density at radius 2 is 1.73 bits per heavy atom. The summed E-state index contributed by atoms with van der Waals surface area (Å²) in [6.45, 7) is 10.9. The standard InChI is InChI=1S/C28H37N3O2/c1-6-10-13-22(8-3)27(32)30(9-4)20(5)26-29-25-15-12-11-14-24(25)28(33)31(26)23-18-16-21(7-2)17-19-23/h11-12,14-20,22H,6-10,13H2,1-5H3. The van der Waals surface area contributed by atoms with Crippen LogP contribution in [0, 0.1) is 5.92 Å². The predicted molar refractivity (Wildman–Crippen MR) is 136 cm³/mol. The molecule has 33 heavy (non-hydrogen) atoms. The molecule has 2 aromatic carbocycles. The molecule has 0 spiro atoms. The molecule has 0 radical (unpaired) electrons. The van der Waals surface area contributed by atoms with Gasteiger partial charge in [-0.1, -0.05) is 57.9 Å². The highest BCUT2D eigenvalue weighted by Crippen LogP contribution is 2.26. The van der Waals surface area contributed by atoms with Gasteiger partial charge in [0.05, 0.1) is 22.6 Å². The number of aromatic nitrogens is 2. The second-order valence-corrected chi connectivity index (χ2v) is 8.70. The molecule has 0 fully saturated rings. The van der Waals surface area contributed by atoms with Crippen molar-refractivity contribution in [1.82, 2.24) is 14.5 Å². The zero-order chi connectivity index (χ0) is 24.0. The lowest BCUT2D eigenvalue weighted by Crippen LogP contribution is -2.40. The molecule has 0 aliphatic heterocycles. The van der Waals surface area contributed by atoms with Crippen molar-refractivity contribution in [3.05, 3.63) is 70.3 Å². The van der Waals surface area contributed by atoms with E-state index in [1.165, 1.54) is 5.56 Å². The van der Waals surface area contributed by atoms with E-state index < -0.39 is 0 Å². The van der Waals surface area contributed by atoms with Crippen LogP contribution in [0.5, 0.6) is 0 Å². The Labute approximate surface area is 197 Å². The number of para-hydroxylation sites is 1. The second kappa shape index (κ2) is 11.3. The fraction of sp³-hybridized carbons (Fsp3) is 0.464. The predicted octanol–water partition coefficient (Wildman–Crippen LogP) is 6.07. The Morgan fingerprint density at radius 1 is 1.03 bits per heavy atom. The summed E-state index contributed by atoms with van der Waals surface area (Å²) in [6.07, 6.45) is 4.76. The summed E-state index contributed by atoms with van der Waals surface area (Å²) in [7, 11) is 0. The quantitative estimate of drug-likeness (QED) is 0.379. The van der Waals surface area contributed by atoms with Crippen LogP contribution in [-0.2, 0) is 11.2 Å². The molecule has 0 N–H and O–H groups in total. The van der Waals surface area contributed by atoms with E-state index in [2.05, 4.69) is 20.8 Å². The van der Waals surface area contributed by atoms with Crippen LogP contribution < -0.4 is 5.56 Å². The first-order valence-corrected chi connectivity index (χ1v) is 12.4. The van der Waals surface area contributed by atoms with Crippen molar-refractivity contribution in [2.24, 2.45) is 5.92 Å². The molecule has 176 valence electrons. The number of aryl methyl sites for hydroxylation is 1. The first kappa shape index (κ1) is 24.7.